The van der Waals surface area contributed by atoms with Crippen LogP contribution in [0.15, 0.2) is 23.1 Å². The maximum atomic E-state index is 12.4. The Morgan fingerprint density at radius 2 is 1.67 bits per heavy atom. The molecule has 0 N–H and O–H groups in total. The first kappa shape index (κ1) is 26.5. The quantitative estimate of drug-likeness (QED) is 0.439. The van der Waals surface area contributed by atoms with E-state index in [4.69, 9.17) is 27.0 Å². The molecule has 1 fully saturated rings. The number of carbonyl (C=O) groups is 2. The molecule has 0 bridgehead atoms. The predicted molar refractivity (Wildman–Crippen MR) is 116 cm³/mol. The van der Waals surface area contributed by atoms with Crippen molar-refractivity contribution in [3.63, 3.8) is 0 Å². The molecular weight excluding hydrogens is 453 g/mol. The minimum Gasteiger partial charge on any atom is -0.462 e. The zero-order valence-electron chi connectivity index (χ0n) is 18.3. The molecule has 0 heterocycles. The molecule has 1 aliphatic carbocycles. The molecule has 30 heavy (non-hydrogen) atoms. The third-order valence-corrected chi connectivity index (χ3v) is 5.76. The second kappa shape index (κ2) is 9.32. The van der Waals surface area contributed by atoms with Crippen LogP contribution in [0.2, 0.25) is 5.02 Å². The van der Waals surface area contributed by atoms with E-state index in [-0.39, 0.29) is 10.5 Å². The zero-order chi connectivity index (χ0) is 23.5. The van der Waals surface area contributed by atoms with Gasteiger partial charge in [-0.1, -0.05) is 11.6 Å². The van der Waals surface area contributed by atoms with E-state index >= 15 is 0 Å². The largest absolute Gasteiger partial charge is 0.462 e. The molecule has 0 aromatic heterocycles. The Kier molecular flexibility index (Phi) is 8.24. The molecule has 0 radical (unpaired) electrons. The van der Waals surface area contributed by atoms with Gasteiger partial charge < -0.3 is 14.4 Å². The number of rotatable bonds is 4. The summed E-state index contributed by atoms with van der Waals surface area (Å²) in [7, 11) is 3.17. The van der Waals surface area contributed by atoms with E-state index in [2.05, 4.69) is 4.74 Å². The molecule has 1 amide bonds. The minimum atomic E-state index is -3.95. The van der Waals surface area contributed by atoms with Crippen LogP contribution in [0, 0.1) is 0 Å². The van der Waals surface area contributed by atoms with Crippen molar-refractivity contribution in [3.05, 3.63) is 28.8 Å². The summed E-state index contributed by atoms with van der Waals surface area (Å²) in [5.41, 5.74) is -1.29. The molecule has 0 atom stereocenters. The van der Waals surface area contributed by atoms with E-state index < -0.39 is 26.3 Å². The highest BCUT2D eigenvalue weighted by molar-refractivity contribution is 8.13. The Labute approximate surface area is 188 Å². The van der Waals surface area contributed by atoms with Gasteiger partial charge in [0.05, 0.1) is 10.4 Å². The molecule has 0 saturated heterocycles. The van der Waals surface area contributed by atoms with Gasteiger partial charge >= 0.3 is 6.09 Å². The SMILES string of the molecule is CC(C)(C)OC=O.CN(C(=O)OC(C)(C)C)C1(c2cc(Cl)ccc2S(=O)(=O)Cl)CC1. The van der Waals surface area contributed by atoms with E-state index in [1.54, 1.807) is 33.9 Å². The van der Waals surface area contributed by atoms with Gasteiger partial charge in [-0.2, -0.15) is 0 Å². The maximum Gasteiger partial charge on any atom is 0.410 e. The van der Waals surface area contributed by atoms with Crippen LogP contribution in [0.5, 0.6) is 0 Å². The van der Waals surface area contributed by atoms with Gasteiger partial charge in [0.15, 0.2) is 0 Å². The highest BCUT2D eigenvalue weighted by Crippen LogP contribution is 2.53. The van der Waals surface area contributed by atoms with E-state index in [1.165, 1.54) is 17.0 Å². The summed E-state index contributed by atoms with van der Waals surface area (Å²) in [4.78, 5) is 23.3. The highest BCUT2D eigenvalue weighted by atomic mass is 35.7. The fraction of sp³-hybridized carbons (Fsp3) is 0.600. The first-order valence-electron chi connectivity index (χ1n) is 9.26. The predicted octanol–water partition coefficient (Wildman–Crippen LogP) is 5.08. The van der Waals surface area contributed by atoms with Crippen molar-refractivity contribution in [1.29, 1.82) is 0 Å². The van der Waals surface area contributed by atoms with Gasteiger partial charge in [-0.05, 0) is 78.1 Å². The summed E-state index contributed by atoms with van der Waals surface area (Å²) in [5, 5.41) is 0.382. The molecule has 1 aromatic rings. The lowest BCUT2D eigenvalue weighted by atomic mass is 10.0. The zero-order valence-corrected chi connectivity index (χ0v) is 20.6. The normalized spacial score (nSPS) is 15.4. The summed E-state index contributed by atoms with van der Waals surface area (Å²) in [6, 6.07) is 4.37. The number of halogens is 2. The summed E-state index contributed by atoms with van der Waals surface area (Å²) < 4.78 is 33.6. The third kappa shape index (κ3) is 7.63. The summed E-state index contributed by atoms with van der Waals surface area (Å²) in [6.07, 6.45) is 0.707. The summed E-state index contributed by atoms with van der Waals surface area (Å²) in [5.74, 6) is 0. The van der Waals surface area contributed by atoms with Crippen molar-refractivity contribution in [3.8, 4) is 0 Å². The van der Waals surface area contributed by atoms with Crippen LogP contribution in [-0.4, -0.2) is 44.1 Å². The second-order valence-electron chi connectivity index (χ2n) is 8.98. The van der Waals surface area contributed by atoms with Crippen molar-refractivity contribution in [1.82, 2.24) is 4.90 Å². The fourth-order valence-electron chi connectivity index (χ4n) is 2.63. The minimum absolute atomic E-state index is 0.0310. The summed E-state index contributed by atoms with van der Waals surface area (Å²) in [6.45, 7) is 11.2. The molecule has 1 aromatic carbocycles. The number of amides is 1. The first-order valence-corrected chi connectivity index (χ1v) is 11.9. The molecule has 0 spiro atoms. The van der Waals surface area contributed by atoms with Crippen LogP contribution in [0.4, 0.5) is 4.79 Å². The molecule has 1 aliphatic rings. The molecular formula is C20H29Cl2NO6S. The monoisotopic (exact) mass is 481 g/mol. The van der Waals surface area contributed by atoms with Crippen molar-refractivity contribution in [2.75, 3.05) is 7.05 Å². The van der Waals surface area contributed by atoms with Gasteiger partial charge in [0.25, 0.3) is 15.5 Å². The van der Waals surface area contributed by atoms with Crippen LogP contribution >= 0.6 is 22.3 Å². The average molecular weight is 482 g/mol. The van der Waals surface area contributed by atoms with Gasteiger partial charge in [-0.15, -0.1) is 0 Å². The van der Waals surface area contributed by atoms with Gasteiger partial charge in [-0.3, -0.25) is 4.79 Å². The van der Waals surface area contributed by atoms with Gasteiger partial charge in [0, 0.05) is 22.8 Å². The molecule has 2 rings (SSSR count). The third-order valence-electron chi connectivity index (χ3n) is 4.14. The van der Waals surface area contributed by atoms with E-state index in [0.717, 1.165) is 0 Å². The maximum absolute atomic E-state index is 12.4. The molecule has 170 valence electrons. The lowest BCUT2D eigenvalue weighted by Gasteiger charge is -2.32. The fourth-order valence-corrected chi connectivity index (χ4v) is 3.95. The first-order chi connectivity index (χ1) is 13.4. The average Bonchev–Trinajstić information content (AvgIpc) is 3.32. The van der Waals surface area contributed by atoms with Crippen molar-refractivity contribution >= 4 is 43.9 Å². The highest BCUT2D eigenvalue weighted by Gasteiger charge is 2.53. The molecule has 1 saturated carbocycles. The molecule has 0 aliphatic heterocycles. The van der Waals surface area contributed by atoms with Crippen molar-refractivity contribution < 1.29 is 27.5 Å². The smallest absolute Gasteiger partial charge is 0.410 e. The standard InChI is InChI=1S/C15H19Cl2NO4S.C5H10O2/c1-14(2,3)22-13(19)18(4)15(7-8-15)11-9-10(16)5-6-12(11)23(17,20)21;1-5(2,3)7-4-6/h5-6,9H,7-8H2,1-4H3;4H,1-3H3. The lowest BCUT2D eigenvalue weighted by Crippen LogP contribution is -2.41. The molecule has 0 unspecified atom stereocenters. The number of hydrogen-bond acceptors (Lipinski definition) is 6. The number of ether oxygens (including phenoxy) is 2. The number of benzene rings is 1. The lowest BCUT2D eigenvalue weighted by molar-refractivity contribution is -0.138. The van der Waals surface area contributed by atoms with Gasteiger partial charge in [0.2, 0.25) is 0 Å². The molecule has 10 heteroatoms. The number of carbonyl (C=O) groups excluding carboxylic acids is 2. The van der Waals surface area contributed by atoms with E-state index in [1.807, 2.05) is 20.8 Å². The van der Waals surface area contributed by atoms with Crippen LogP contribution in [0.25, 0.3) is 0 Å². The van der Waals surface area contributed by atoms with Crippen LogP contribution < -0.4 is 0 Å². The molecule has 7 nitrogen and oxygen atoms in total. The van der Waals surface area contributed by atoms with E-state index in [9.17, 15) is 18.0 Å². The Bertz CT molecular complexity index is 884. The Hall–Kier alpha value is -1.51. The summed E-state index contributed by atoms with van der Waals surface area (Å²) >= 11 is 6.02. The van der Waals surface area contributed by atoms with E-state index in [0.29, 0.717) is 29.9 Å². The van der Waals surface area contributed by atoms with Gasteiger partial charge in [-0.25, -0.2) is 13.2 Å². The van der Waals surface area contributed by atoms with Crippen molar-refractivity contribution in [2.24, 2.45) is 0 Å². The number of hydrogen-bond donors (Lipinski definition) is 0. The number of nitrogens with zero attached hydrogens (tertiary/aromatic N) is 1. The topological polar surface area (TPSA) is 90.0 Å². The second-order valence-corrected chi connectivity index (χ2v) is 11.9. The Morgan fingerprint density at radius 1 is 1.13 bits per heavy atom. The van der Waals surface area contributed by atoms with Crippen LogP contribution in [0.3, 0.4) is 0 Å². The van der Waals surface area contributed by atoms with Gasteiger partial charge in [0.1, 0.15) is 11.2 Å². The van der Waals surface area contributed by atoms with Crippen LogP contribution in [0.1, 0.15) is 59.9 Å². The van der Waals surface area contributed by atoms with Crippen LogP contribution in [-0.2, 0) is 28.9 Å². The Balaban J connectivity index is 0.000000553. The Morgan fingerprint density at radius 3 is 2.00 bits per heavy atom. The van der Waals surface area contributed by atoms with Crippen molar-refractivity contribution in [2.45, 2.75) is 76.0 Å².